The van der Waals surface area contributed by atoms with Gasteiger partial charge in [0.05, 0.1) is 36.7 Å². The van der Waals surface area contributed by atoms with Gasteiger partial charge in [-0.1, -0.05) is 52.2 Å². The first-order chi connectivity index (χ1) is 22.6. The van der Waals surface area contributed by atoms with E-state index in [0.717, 1.165) is 32.1 Å². The van der Waals surface area contributed by atoms with Gasteiger partial charge in [-0.2, -0.15) is 0 Å². The van der Waals surface area contributed by atoms with Crippen molar-refractivity contribution in [3.05, 3.63) is 49.6 Å². The zero-order valence-electron chi connectivity index (χ0n) is 28.9. The first kappa shape index (κ1) is 35.1. The third-order valence-corrected chi connectivity index (χ3v) is 11.1. The molecule has 2 bridgehead atoms. The highest BCUT2D eigenvalue weighted by Gasteiger charge is 2.79. The maximum atomic E-state index is 15.0. The summed E-state index contributed by atoms with van der Waals surface area (Å²) in [6, 6.07) is 5.94. The summed E-state index contributed by atoms with van der Waals surface area (Å²) in [5, 5.41) is 10.7. The van der Waals surface area contributed by atoms with Crippen LogP contribution in [0.25, 0.3) is 0 Å². The third-order valence-electron chi connectivity index (χ3n) is 11.1. The molecule has 6 atom stereocenters. The number of aliphatic hydroxyl groups excluding tert-OH is 1. The molecular formula is C38H55N3O6. The molecular weight excluding hydrogens is 594 g/mol. The minimum atomic E-state index is -1.17. The Labute approximate surface area is 280 Å². The Morgan fingerprint density at radius 1 is 1.06 bits per heavy atom. The van der Waals surface area contributed by atoms with E-state index in [1.807, 2.05) is 43.0 Å². The quantitative estimate of drug-likeness (QED) is 0.252. The normalized spacial score (nSPS) is 29.1. The molecule has 5 rings (SSSR count). The number of carbonyl (C=O) groups is 3. The molecule has 0 aromatic heterocycles. The number of fused-ring (bicyclic) bond motifs is 1. The van der Waals surface area contributed by atoms with Crippen LogP contribution in [-0.2, 0) is 19.1 Å². The summed E-state index contributed by atoms with van der Waals surface area (Å²) in [5.41, 5.74) is -1.37. The average Bonchev–Trinajstić information content (AvgIpc) is 3.69. The lowest BCUT2D eigenvalue weighted by Crippen LogP contribution is -2.60. The number of nitrogens with zero attached hydrogens (tertiary/aromatic N) is 3. The summed E-state index contributed by atoms with van der Waals surface area (Å²) in [6.07, 6.45) is 10.7. The van der Waals surface area contributed by atoms with Crippen LogP contribution in [0.3, 0.4) is 0 Å². The lowest BCUT2D eigenvalue weighted by Gasteiger charge is -2.42. The predicted octanol–water partition coefficient (Wildman–Crippen LogP) is 5.51. The number of hydrogen-bond donors (Lipinski definition) is 1. The second-order valence-electron chi connectivity index (χ2n) is 14.3. The van der Waals surface area contributed by atoms with Gasteiger partial charge >= 0.3 is 0 Å². The standard InChI is InChI=1S/C38H55N3O6/c1-7-22-39(28-16-18-30(19-17-28)46-10-4)34(43)31-32-35(44)41(29(25-42)24-26(5)6)33(38(32)21-20-37(31,9-3)47-38)36(45)40(23-8-2)27-14-12-11-13-15-27/h7-8,16-19,26-27,29,31-33,42H,1-2,9-15,20-25H2,3-6H3/t29-,31-,32+,33?,37+,38?/m1/s1. The number of likely N-dealkylation sites (tertiary alicyclic amines) is 1. The van der Waals surface area contributed by atoms with E-state index in [1.54, 1.807) is 22.0 Å². The van der Waals surface area contributed by atoms with Crippen LogP contribution in [0, 0.1) is 17.8 Å². The van der Waals surface area contributed by atoms with Crippen molar-refractivity contribution in [2.24, 2.45) is 17.8 Å². The van der Waals surface area contributed by atoms with Gasteiger partial charge in [-0.15, -0.1) is 13.2 Å². The van der Waals surface area contributed by atoms with E-state index in [1.165, 1.54) is 0 Å². The van der Waals surface area contributed by atoms with E-state index in [9.17, 15) is 14.7 Å². The molecule has 1 aromatic rings. The first-order valence-corrected chi connectivity index (χ1v) is 17.8. The van der Waals surface area contributed by atoms with Gasteiger partial charge in [0.1, 0.15) is 17.4 Å². The Hall–Kier alpha value is -3.17. The van der Waals surface area contributed by atoms with E-state index in [-0.39, 0.29) is 42.8 Å². The lowest BCUT2D eigenvalue weighted by molar-refractivity contribution is -0.158. The van der Waals surface area contributed by atoms with Gasteiger partial charge in [0, 0.05) is 24.8 Å². The molecule has 3 heterocycles. The zero-order chi connectivity index (χ0) is 33.9. The van der Waals surface area contributed by atoms with Crippen LogP contribution >= 0.6 is 0 Å². The predicted molar refractivity (Wildman–Crippen MR) is 183 cm³/mol. The molecule has 0 radical (unpaired) electrons. The Bertz CT molecular complexity index is 1310. The van der Waals surface area contributed by atoms with Crippen molar-refractivity contribution in [2.45, 2.75) is 115 Å². The van der Waals surface area contributed by atoms with Crippen molar-refractivity contribution in [2.75, 3.05) is 31.2 Å². The van der Waals surface area contributed by atoms with Gasteiger partial charge in [0.25, 0.3) is 0 Å². The van der Waals surface area contributed by atoms with Gasteiger partial charge in [0.2, 0.25) is 17.7 Å². The van der Waals surface area contributed by atoms with E-state index >= 15 is 4.79 Å². The monoisotopic (exact) mass is 649 g/mol. The Morgan fingerprint density at radius 2 is 1.74 bits per heavy atom. The fourth-order valence-electron chi connectivity index (χ4n) is 9.14. The molecule has 1 N–H and O–H groups in total. The van der Waals surface area contributed by atoms with Crippen LogP contribution in [0.15, 0.2) is 49.6 Å². The van der Waals surface area contributed by atoms with Crippen molar-refractivity contribution in [1.82, 2.24) is 9.80 Å². The van der Waals surface area contributed by atoms with Crippen LogP contribution in [0.2, 0.25) is 0 Å². The highest BCUT2D eigenvalue weighted by molar-refractivity contribution is 6.03. The van der Waals surface area contributed by atoms with Crippen molar-refractivity contribution in [3.8, 4) is 5.75 Å². The van der Waals surface area contributed by atoms with Gasteiger partial charge < -0.3 is 29.3 Å². The fraction of sp³-hybridized carbons (Fsp3) is 0.658. The molecule has 47 heavy (non-hydrogen) atoms. The molecule has 2 unspecified atom stereocenters. The molecule has 1 aliphatic carbocycles. The maximum absolute atomic E-state index is 15.0. The molecule has 1 spiro atoms. The fourth-order valence-corrected chi connectivity index (χ4v) is 9.14. The van der Waals surface area contributed by atoms with Crippen molar-refractivity contribution in [1.29, 1.82) is 0 Å². The molecule has 3 amide bonds. The molecule has 1 aromatic carbocycles. The smallest absolute Gasteiger partial charge is 0.248 e. The minimum Gasteiger partial charge on any atom is -0.494 e. The highest BCUT2D eigenvalue weighted by atomic mass is 16.5. The summed E-state index contributed by atoms with van der Waals surface area (Å²) >= 11 is 0. The number of aliphatic hydroxyl groups is 1. The summed E-state index contributed by atoms with van der Waals surface area (Å²) in [6.45, 7) is 16.8. The second kappa shape index (κ2) is 14.5. The summed E-state index contributed by atoms with van der Waals surface area (Å²) in [5.74, 6) is -1.36. The molecule has 3 aliphatic heterocycles. The summed E-state index contributed by atoms with van der Waals surface area (Å²) in [4.78, 5) is 50.1. The van der Waals surface area contributed by atoms with Crippen molar-refractivity contribution >= 4 is 23.4 Å². The number of amides is 3. The molecule has 258 valence electrons. The van der Waals surface area contributed by atoms with Crippen LogP contribution in [0.1, 0.15) is 85.5 Å². The molecule has 4 aliphatic rings. The molecule has 3 saturated heterocycles. The number of ether oxygens (including phenoxy) is 2. The number of rotatable bonds is 15. The zero-order valence-corrected chi connectivity index (χ0v) is 28.9. The molecule has 4 fully saturated rings. The largest absolute Gasteiger partial charge is 0.494 e. The van der Waals surface area contributed by atoms with Crippen LogP contribution in [-0.4, -0.2) is 88.3 Å². The van der Waals surface area contributed by atoms with E-state index < -0.39 is 35.1 Å². The van der Waals surface area contributed by atoms with Gasteiger partial charge in [0.15, 0.2) is 0 Å². The third kappa shape index (κ3) is 6.14. The van der Waals surface area contributed by atoms with Crippen molar-refractivity contribution < 1.29 is 29.0 Å². The SMILES string of the molecule is C=CCN(C(=O)[C@H]1[C@H]2C(=O)N([C@@H](CO)CC(C)C)C(C(=O)N(CC=C)C3CCCCC3)C23CC[C@]1(CC)O3)c1ccc(OCC)cc1. The van der Waals surface area contributed by atoms with Gasteiger partial charge in [-0.05, 0) is 75.6 Å². The summed E-state index contributed by atoms with van der Waals surface area (Å²) < 4.78 is 12.7. The van der Waals surface area contributed by atoms with Gasteiger partial charge in [-0.3, -0.25) is 14.4 Å². The van der Waals surface area contributed by atoms with Crippen LogP contribution < -0.4 is 9.64 Å². The average molecular weight is 650 g/mol. The number of anilines is 1. The topological polar surface area (TPSA) is 99.6 Å². The number of benzene rings is 1. The highest BCUT2D eigenvalue weighted by Crippen LogP contribution is 2.65. The van der Waals surface area contributed by atoms with Gasteiger partial charge in [-0.25, -0.2) is 0 Å². The molecule has 9 nitrogen and oxygen atoms in total. The first-order valence-electron chi connectivity index (χ1n) is 17.8. The second-order valence-corrected chi connectivity index (χ2v) is 14.3. The Kier molecular flexibility index (Phi) is 10.9. The number of hydrogen-bond acceptors (Lipinski definition) is 6. The van der Waals surface area contributed by atoms with Crippen LogP contribution in [0.5, 0.6) is 5.75 Å². The molecule has 1 saturated carbocycles. The van der Waals surface area contributed by atoms with E-state index in [2.05, 4.69) is 27.0 Å². The minimum absolute atomic E-state index is 0.0539. The van der Waals surface area contributed by atoms with Crippen molar-refractivity contribution in [3.63, 3.8) is 0 Å². The van der Waals surface area contributed by atoms with E-state index in [4.69, 9.17) is 9.47 Å². The molecule has 9 heteroatoms. The summed E-state index contributed by atoms with van der Waals surface area (Å²) in [7, 11) is 0. The van der Waals surface area contributed by atoms with E-state index in [0.29, 0.717) is 50.3 Å². The Balaban J connectivity index is 1.61. The maximum Gasteiger partial charge on any atom is 0.248 e. The van der Waals surface area contributed by atoms with Crippen LogP contribution in [0.4, 0.5) is 5.69 Å². The number of carbonyl (C=O) groups excluding carboxylic acids is 3. The lowest BCUT2D eigenvalue weighted by atomic mass is 9.64. The Morgan fingerprint density at radius 3 is 2.32 bits per heavy atom.